The van der Waals surface area contributed by atoms with Crippen LogP contribution in [0.1, 0.15) is 30.5 Å². The predicted molar refractivity (Wildman–Crippen MR) is 62.3 cm³/mol. The van der Waals surface area contributed by atoms with E-state index in [0.717, 1.165) is 12.5 Å². The number of nitrogens with one attached hydrogen (secondary N) is 1. The summed E-state index contributed by atoms with van der Waals surface area (Å²) in [5.74, 6) is 4.18. The maximum absolute atomic E-state index is 13.6. The molecule has 5 heteroatoms. The minimum absolute atomic E-state index is 0.256. The number of aryl methyl sites for hydroxylation is 1. The largest absolute Gasteiger partial charge is 0.379 e. The Balaban J connectivity index is 2.84. The molecule has 1 aromatic rings. The molecule has 96 valence electrons. The predicted octanol–water partition coefficient (Wildman–Crippen LogP) is 2.20. The molecule has 1 rings (SSSR count). The van der Waals surface area contributed by atoms with Crippen LogP contribution in [0.25, 0.3) is 0 Å². The van der Waals surface area contributed by atoms with Gasteiger partial charge in [0.25, 0.3) is 0 Å². The molecule has 0 fully saturated rings. The Labute approximate surface area is 99.9 Å². The van der Waals surface area contributed by atoms with Crippen LogP contribution in [0.2, 0.25) is 0 Å². The van der Waals surface area contributed by atoms with Gasteiger partial charge in [0.05, 0.1) is 12.6 Å². The average Bonchev–Trinajstić information content (AvgIpc) is 2.30. The molecule has 0 heterocycles. The fourth-order valence-electron chi connectivity index (χ4n) is 1.52. The Hall–Kier alpha value is -1.04. The Bertz CT molecular complexity index is 372. The Morgan fingerprint density at radius 1 is 1.35 bits per heavy atom. The number of hydrogen-bond acceptors (Lipinski definition) is 3. The first-order valence-electron chi connectivity index (χ1n) is 5.59. The van der Waals surface area contributed by atoms with Crippen LogP contribution in [0.4, 0.5) is 8.78 Å². The van der Waals surface area contributed by atoms with Gasteiger partial charge in [-0.2, -0.15) is 0 Å². The Morgan fingerprint density at radius 3 is 2.65 bits per heavy atom. The lowest BCUT2D eigenvalue weighted by Crippen LogP contribution is -2.32. The van der Waals surface area contributed by atoms with E-state index in [1.165, 1.54) is 6.07 Å². The highest BCUT2D eigenvalue weighted by Gasteiger charge is 2.16. The summed E-state index contributed by atoms with van der Waals surface area (Å²) in [4.78, 5) is 0. The van der Waals surface area contributed by atoms with Gasteiger partial charge in [-0.25, -0.2) is 8.78 Å². The van der Waals surface area contributed by atoms with Crippen LogP contribution in [0, 0.1) is 18.6 Å². The molecule has 0 aromatic heterocycles. The molecule has 0 aliphatic carbocycles. The molecule has 1 aromatic carbocycles. The number of benzene rings is 1. The highest BCUT2D eigenvalue weighted by atomic mass is 19.1. The minimum Gasteiger partial charge on any atom is -0.379 e. The van der Waals surface area contributed by atoms with E-state index in [9.17, 15) is 8.78 Å². The maximum Gasteiger partial charge on any atom is 0.131 e. The smallest absolute Gasteiger partial charge is 0.131 e. The maximum atomic E-state index is 13.6. The molecule has 3 N–H and O–H groups in total. The van der Waals surface area contributed by atoms with Gasteiger partial charge in [-0.15, -0.1) is 0 Å². The van der Waals surface area contributed by atoms with E-state index in [-0.39, 0.29) is 6.61 Å². The zero-order chi connectivity index (χ0) is 12.8. The van der Waals surface area contributed by atoms with Crippen LogP contribution in [0.3, 0.4) is 0 Å². The van der Waals surface area contributed by atoms with Crippen molar-refractivity contribution in [3.05, 3.63) is 34.9 Å². The molecular formula is C12H18F2N2O. The molecule has 0 saturated heterocycles. The zero-order valence-electron chi connectivity index (χ0n) is 10.1. The van der Waals surface area contributed by atoms with Crippen molar-refractivity contribution in [3.63, 3.8) is 0 Å². The van der Waals surface area contributed by atoms with Gasteiger partial charge in [-0.1, -0.05) is 6.92 Å². The lowest BCUT2D eigenvalue weighted by molar-refractivity contribution is 0.111. The monoisotopic (exact) mass is 244 g/mol. The third kappa shape index (κ3) is 3.73. The van der Waals surface area contributed by atoms with Gasteiger partial charge in [0.15, 0.2) is 0 Å². The SMILES string of the molecule is CCCOCC(NN)c1cc(C)c(F)cc1F. The van der Waals surface area contributed by atoms with Crippen molar-refractivity contribution in [2.45, 2.75) is 26.3 Å². The van der Waals surface area contributed by atoms with E-state index in [1.807, 2.05) is 6.92 Å². The number of hydrazine groups is 1. The molecule has 0 aliphatic heterocycles. The van der Waals surface area contributed by atoms with Crippen molar-refractivity contribution in [1.82, 2.24) is 5.43 Å². The first kappa shape index (κ1) is 14.0. The molecule has 1 atom stereocenters. The second-order valence-corrected chi connectivity index (χ2v) is 3.92. The molecule has 0 amide bonds. The zero-order valence-corrected chi connectivity index (χ0v) is 10.1. The molecule has 0 spiro atoms. The van der Waals surface area contributed by atoms with Crippen LogP contribution < -0.4 is 11.3 Å². The molecule has 1 unspecified atom stereocenters. The second kappa shape index (κ2) is 6.64. The van der Waals surface area contributed by atoms with Gasteiger partial charge >= 0.3 is 0 Å². The Kier molecular flexibility index (Phi) is 5.47. The van der Waals surface area contributed by atoms with Crippen molar-refractivity contribution in [2.75, 3.05) is 13.2 Å². The third-order valence-corrected chi connectivity index (χ3v) is 2.49. The lowest BCUT2D eigenvalue weighted by atomic mass is 10.0. The van der Waals surface area contributed by atoms with Gasteiger partial charge < -0.3 is 4.74 Å². The van der Waals surface area contributed by atoms with E-state index in [1.54, 1.807) is 6.92 Å². The van der Waals surface area contributed by atoms with E-state index in [2.05, 4.69) is 5.43 Å². The van der Waals surface area contributed by atoms with Gasteiger partial charge in [-0.05, 0) is 25.0 Å². The molecule has 0 radical (unpaired) electrons. The van der Waals surface area contributed by atoms with Crippen LogP contribution >= 0.6 is 0 Å². The molecule has 0 bridgehead atoms. The summed E-state index contributed by atoms with van der Waals surface area (Å²) in [6, 6.07) is 1.85. The van der Waals surface area contributed by atoms with Crippen molar-refractivity contribution in [3.8, 4) is 0 Å². The van der Waals surface area contributed by atoms with Gasteiger partial charge in [0.2, 0.25) is 0 Å². The van der Waals surface area contributed by atoms with Crippen molar-refractivity contribution in [2.24, 2.45) is 5.84 Å². The van der Waals surface area contributed by atoms with Crippen LogP contribution in [0.15, 0.2) is 12.1 Å². The van der Waals surface area contributed by atoms with E-state index >= 15 is 0 Å². The number of nitrogens with two attached hydrogens (primary N) is 1. The molecular weight excluding hydrogens is 226 g/mol. The first-order valence-corrected chi connectivity index (χ1v) is 5.59. The van der Waals surface area contributed by atoms with E-state index in [4.69, 9.17) is 10.6 Å². The van der Waals surface area contributed by atoms with Gasteiger partial charge in [0, 0.05) is 18.2 Å². The normalized spacial score (nSPS) is 12.8. The number of halogens is 2. The number of hydrogen-bond donors (Lipinski definition) is 2. The van der Waals surface area contributed by atoms with E-state index in [0.29, 0.717) is 17.7 Å². The fraction of sp³-hybridized carbons (Fsp3) is 0.500. The summed E-state index contributed by atoms with van der Waals surface area (Å²) < 4.78 is 32.0. The van der Waals surface area contributed by atoms with Gasteiger partial charge in [0.1, 0.15) is 11.6 Å². The minimum atomic E-state index is -0.615. The topological polar surface area (TPSA) is 47.3 Å². The van der Waals surface area contributed by atoms with Crippen LogP contribution in [-0.4, -0.2) is 13.2 Å². The second-order valence-electron chi connectivity index (χ2n) is 3.92. The summed E-state index contributed by atoms with van der Waals surface area (Å²) >= 11 is 0. The average molecular weight is 244 g/mol. The van der Waals surface area contributed by atoms with Crippen molar-refractivity contribution >= 4 is 0 Å². The Morgan fingerprint density at radius 2 is 2.06 bits per heavy atom. The summed E-state index contributed by atoms with van der Waals surface area (Å²) in [6.45, 7) is 4.40. The number of rotatable bonds is 6. The third-order valence-electron chi connectivity index (χ3n) is 2.49. The highest BCUT2D eigenvalue weighted by Crippen LogP contribution is 2.20. The summed E-state index contributed by atoms with van der Waals surface area (Å²) in [6.07, 6.45) is 0.877. The molecule has 0 aliphatic rings. The summed E-state index contributed by atoms with van der Waals surface area (Å²) in [5.41, 5.74) is 3.19. The van der Waals surface area contributed by atoms with Crippen molar-refractivity contribution < 1.29 is 13.5 Å². The van der Waals surface area contributed by atoms with Crippen molar-refractivity contribution in [1.29, 1.82) is 0 Å². The lowest BCUT2D eigenvalue weighted by Gasteiger charge is -2.17. The standard InChI is InChI=1S/C12H18F2N2O/c1-3-4-17-7-12(16-15)9-5-8(2)10(13)6-11(9)14/h5-6,12,16H,3-4,7,15H2,1-2H3. The number of ether oxygens (including phenoxy) is 1. The quantitative estimate of drug-likeness (QED) is 0.458. The molecule has 3 nitrogen and oxygen atoms in total. The summed E-state index contributed by atoms with van der Waals surface area (Å²) in [7, 11) is 0. The fourth-order valence-corrected chi connectivity index (χ4v) is 1.52. The molecule has 0 saturated carbocycles. The van der Waals surface area contributed by atoms with Crippen LogP contribution in [-0.2, 0) is 4.74 Å². The van der Waals surface area contributed by atoms with Crippen LogP contribution in [0.5, 0.6) is 0 Å². The van der Waals surface area contributed by atoms with E-state index < -0.39 is 17.7 Å². The molecule has 17 heavy (non-hydrogen) atoms. The highest BCUT2D eigenvalue weighted by molar-refractivity contribution is 5.28. The van der Waals surface area contributed by atoms with Gasteiger partial charge in [-0.3, -0.25) is 11.3 Å². The first-order chi connectivity index (χ1) is 8.10. The summed E-state index contributed by atoms with van der Waals surface area (Å²) in [5, 5.41) is 0.